The number of fused-ring (bicyclic) bond motifs is 1. The smallest absolute Gasteiger partial charge is 0.0129 e. The monoisotopic (exact) mass is 264 g/mol. The summed E-state index contributed by atoms with van der Waals surface area (Å²) < 4.78 is 0. The van der Waals surface area contributed by atoms with Crippen LogP contribution in [0.1, 0.15) is 54.5 Å². The second kappa shape index (κ2) is 4.48. The molecule has 0 saturated heterocycles. The van der Waals surface area contributed by atoms with Gasteiger partial charge in [0.15, 0.2) is 0 Å². The Hall–Kier alpha value is -1.56. The Bertz CT molecular complexity index is 635. The lowest BCUT2D eigenvalue weighted by Gasteiger charge is -2.28. The van der Waals surface area contributed by atoms with E-state index in [0.29, 0.717) is 11.8 Å². The Morgan fingerprint density at radius 3 is 2.20 bits per heavy atom. The van der Waals surface area contributed by atoms with Gasteiger partial charge in [-0.05, 0) is 53.0 Å². The molecule has 0 bridgehead atoms. The molecule has 0 heterocycles. The highest BCUT2D eigenvalue weighted by Gasteiger charge is 2.44. The van der Waals surface area contributed by atoms with E-state index in [-0.39, 0.29) is 5.41 Å². The molecule has 3 rings (SSSR count). The molecule has 0 saturated carbocycles. The highest BCUT2D eigenvalue weighted by molar-refractivity contribution is 5.54. The maximum absolute atomic E-state index is 2.41. The van der Waals surface area contributed by atoms with Gasteiger partial charge in [0.05, 0.1) is 0 Å². The second-order valence-corrected chi connectivity index (χ2v) is 6.87. The van der Waals surface area contributed by atoms with Crippen molar-refractivity contribution in [3.63, 3.8) is 0 Å². The molecule has 0 amide bonds. The third-order valence-corrected chi connectivity index (χ3v) is 5.59. The van der Waals surface area contributed by atoms with Gasteiger partial charge in [-0.1, -0.05) is 63.2 Å². The van der Waals surface area contributed by atoms with E-state index >= 15 is 0 Å². The van der Waals surface area contributed by atoms with Gasteiger partial charge in [0.1, 0.15) is 0 Å². The van der Waals surface area contributed by atoms with E-state index in [9.17, 15) is 0 Å². The highest BCUT2D eigenvalue weighted by atomic mass is 14.5. The Labute approximate surface area is 122 Å². The zero-order valence-corrected chi connectivity index (χ0v) is 13.2. The lowest BCUT2D eigenvalue weighted by atomic mass is 9.75. The van der Waals surface area contributed by atoms with Gasteiger partial charge < -0.3 is 0 Å². The fraction of sp³-hybridized carbons (Fsp3) is 0.400. The molecule has 104 valence electrons. The van der Waals surface area contributed by atoms with Crippen molar-refractivity contribution in [3.05, 3.63) is 70.3 Å². The molecule has 0 heteroatoms. The minimum Gasteiger partial charge on any atom is -0.0622 e. The molecule has 0 fully saturated rings. The number of hydrogen-bond acceptors (Lipinski definition) is 0. The lowest BCUT2D eigenvalue weighted by Crippen LogP contribution is -2.23. The molecule has 2 unspecified atom stereocenters. The molecule has 2 atom stereocenters. The van der Waals surface area contributed by atoms with E-state index < -0.39 is 0 Å². The minimum atomic E-state index is 0.244. The van der Waals surface area contributed by atoms with E-state index in [1.54, 1.807) is 11.1 Å². The van der Waals surface area contributed by atoms with Crippen LogP contribution >= 0.6 is 0 Å². The van der Waals surface area contributed by atoms with Crippen LogP contribution in [0.15, 0.2) is 42.5 Å². The lowest BCUT2D eigenvalue weighted by molar-refractivity contribution is 0.352. The Morgan fingerprint density at radius 1 is 0.900 bits per heavy atom. The number of benzene rings is 2. The summed E-state index contributed by atoms with van der Waals surface area (Å²) >= 11 is 0. The fourth-order valence-corrected chi connectivity index (χ4v) is 3.83. The van der Waals surface area contributed by atoms with Gasteiger partial charge in [-0.25, -0.2) is 0 Å². The third kappa shape index (κ3) is 1.74. The van der Waals surface area contributed by atoms with Crippen molar-refractivity contribution < 1.29 is 0 Å². The van der Waals surface area contributed by atoms with Crippen LogP contribution in [0.4, 0.5) is 0 Å². The van der Waals surface area contributed by atoms with E-state index in [0.717, 1.165) is 0 Å². The molecular weight excluding hydrogens is 240 g/mol. The molecule has 0 aromatic heterocycles. The zero-order valence-electron chi connectivity index (χ0n) is 13.2. The van der Waals surface area contributed by atoms with E-state index in [1.165, 1.54) is 16.7 Å². The van der Waals surface area contributed by atoms with Crippen molar-refractivity contribution in [1.82, 2.24) is 0 Å². The topological polar surface area (TPSA) is 0 Å². The first kappa shape index (κ1) is 13.4. The minimum absolute atomic E-state index is 0.244. The predicted molar refractivity (Wildman–Crippen MR) is 86.4 cm³/mol. The average Bonchev–Trinajstić information content (AvgIpc) is 2.64. The standard InChI is InChI=1S/C20H24/c1-13-11-12-17-18(14(13)2)19(15(3)20(17,4)5)16-9-7-6-8-10-16/h6-12,15,19H,1-5H3. The molecule has 1 aliphatic carbocycles. The Kier molecular flexibility index (Phi) is 3.01. The number of hydrogen-bond donors (Lipinski definition) is 0. The summed E-state index contributed by atoms with van der Waals surface area (Å²) in [5, 5.41) is 0. The first-order valence-electron chi connectivity index (χ1n) is 7.60. The first-order chi connectivity index (χ1) is 9.44. The summed E-state index contributed by atoms with van der Waals surface area (Å²) in [6.07, 6.45) is 0. The molecule has 20 heavy (non-hydrogen) atoms. The largest absolute Gasteiger partial charge is 0.0622 e. The van der Waals surface area contributed by atoms with Gasteiger partial charge in [-0.15, -0.1) is 0 Å². The second-order valence-electron chi connectivity index (χ2n) is 6.87. The highest BCUT2D eigenvalue weighted by Crippen LogP contribution is 2.54. The fourth-order valence-electron chi connectivity index (χ4n) is 3.83. The molecule has 0 radical (unpaired) electrons. The van der Waals surface area contributed by atoms with Crippen molar-refractivity contribution in [2.24, 2.45) is 5.92 Å². The molecule has 2 aromatic carbocycles. The maximum Gasteiger partial charge on any atom is 0.0129 e. The van der Waals surface area contributed by atoms with Crippen LogP contribution in [0, 0.1) is 19.8 Å². The average molecular weight is 264 g/mol. The SMILES string of the molecule is Cc1ccc2c(c1C)C(c1ccccc1)C(C)C2(C)C. The van der Waals surface area contributed by atoms with Crippen LogP contribution in [0.2, 0.25) is 0 Å². The van der Waals surface area contributed by atoms with E-state index in [1.807, 2.05) is 0 Å². The molecule has 0 aliphatic heterocycles. The molecular formula is C20H24. The van der Waals surface area contributed by atoms with Gasteiger partial charge in [-0.2, -0.15) is 0 Å². The Morgan fingerprint density at radius 2 is 1.55 bits per heavy atom. The van der Waals surface area contributed by atoms with Crippen molar-refractivity contribution in [1.29, 1.82) is 0 Å². The van der Waals surface area contributed by atoms with Crippen LogP contribution in [-0.2, 0) is 5.41 Å². The quantitative estimate of drug-likeness (QED) is 0.650. The summed E-state index contributed by atoms with van der Waals surface area (Å²) in [5.41, 5.74) is 7.72. The number of rotatable bonds is 1. The van der Waals surface area contributed by atoms with Crippen molar-refractivity contribution in [2.45, 2.75) is 46.0 Å². The summed E-state index contributed by atoms with van der Waals surface area (Å²) in [7, 11) is 0. The van der Waals surface area contributed by atoms with Crippen LogP contribution in [0.5, 0.6) is 0 Å². The van der Waals surface area contributed by atoms with Gasteiger partial charge in [-0.3, -0.25) is 0 Å². The van der Waals surface area contributed by atoms with Crippen LogP contribution in [0.25, 0.3) is 0 Å². The van der Waals surface area contributed by atoms with Crippen molar-refractivity contribution in [3.8, 4) is 0 Å². The van der Waals surface area contributed by atoms with Crippen LogP contribution in [-0.4, -0.2) is 0 Å². The van der Waals surface area contributed by atoms with Gasteiger partial charge >= 0.3 is 0 Å². The summed E-state index contributed by atoms with van der Waals surface area (Å²) in [5.74, 6) is 1.15. The summed E-state index contributed by atoms with van der Waals surface area (Å²) in [6, 6.07) is 15.7. The van der Waals surface area contributed by atoms with E-state index in [2.05, 4.69) is 77.1 Å². The van der Waals surface area contributed by atoms with Gasteiger partial charge in [0, 0.05) is 5.92 Å². The molecule has 1 aliphatic rings. The normalized spacial score (nSPS) is 23.6. The zero-order chi connectivity index (χ0) is 14.5. The Balaban J connectivity index is 2.27. The predicted octanol–water partition coefficient (Wildman–Crippen LogP) is 5.36. The van der Waals surface area contributed by atoms with Crippen LogP contribution in [0.3, 0.4) is 0 Å². The first-order valence-corrected chi connectivity index (χ1v) is 7.60. The maximum atomic E-state index is 2.41. The van der Waals surface area contributed by atoms with Gasteiger partial charge in [0.25, 0.3) is 0 Å². The van der Waals surface area contributed by atoms with Crippen molar-refractivity contribution >= 4 is 0 Å². The molecule has 0 N–H and O–H groups in total. The summed E-state index contributed by atoms with van der Waals surface area (Å²) in [6.45, 7) is 11.7. The van der Waals surface area contributed by atoms with E-state index in [4.69, 9.17) is 0 Å². The van der Waals surface area contributed by atoms with Crippen LogP contribution < -0.4 is 0 Å². The number of aryl methyl sites for hydroxylation is 1. The molecule has 0 nitrogen and oxygen atoms in total. The molecule has 0 spiro atoms. The summed E-state index contributed by atoms with van der Waals surface area (Å²) in [4.78, 5) is 0. The molecule has 2 aromatic rings. The third-order valence-electron chi connectivity index (χ3n) is 5.59. The van der Waals surface area contributed by atoms with Gasteiger partial charge in [0.2, 0.25) is 0 Å². The van der Waals surface area contributed by atoms with Crippen molar-refractivity contribution in [2.75, 3.05) is 0 Å².